The average Bonchev–Trinajstić information content (AvgIpc) is 3.36. The molecule has 0 radical (unpaired) electrons. The van der Waals surface area contributed by atoms with Crippen LogP contribution < -0.4 is 0 Å². The van der Waals surface area contributed by atoms with Gasteiger partial charge in [-0.15, -0.1) is 0 Å². The Kier molecular flexibility index (Phi) is 56.7. The smallest absolute Gasteiger partial charge is 0.306 e. The number of unbranched alkanes of at least 4 members (excludes halogenated alkanes) is 37. The number of esters is 3. The Balaban J connectivity index is 4.16. The van der Waals surface area contributed by atoms with Crippen molar-refractivity contribution in [1.82, 2.24) is 0 Å². The second kappa shape index (κ2) is 58.9. The molecule has 0 N–H and O–H groups in total. The Labute approximate surface area is 435 Å². The molecule has 1 unspecified atom stereocenters. The lowest BCUT2D eigenvalue weighted by molar-refractivity contribution is -0.167. The highest BCUT2D eigenvalue weighted by molar-refractivity contribution is 5.71. The van der Waals surface area contributed by atoms with Crippen LogP contribution in [0.15, 0.2) is 48.6 Å². The normalized spacial score (nSPS) is 12.3. The zero-order valence-electron chi connectivity index (χ0n) is 46.8. The van der Waals surface area contributed by atoms with Gasteiger partial charge >= 0.3 is 17.9 Å². The quantitative estimate of drug-likeness (QED) is 0.0261. The minimum atomic E-state index is -0.782. The SMILES string of the molecule is CCC/C=C\CCCCCCCC(=O)OCC(COC(=O)CCCCCCCCCCCCCCCCC/C=C\CCCCCCCCCC)OC(=O)CCCCCCC/C=C\C/C=C\CCCCC. The Morgan fingerprint density at radius 3 is 0.886 bits per heavy atom. The molecule has 0 rings (SSSR count). The van der Waals surface area contributed by atoms with E-state index < -0.39 is 6.10 Å². The number of carbonyl (C=O) groups excluding carboxylic acids is 3. The molecular weight excluding hydrogens is 865 g/mol. The van der Waals surface area contributed by atoms with Crippen molar-refractivity contribution in [2.45, 2.75) is 329 Å². The highest BCUT2D eigenvalue weighted by Crippen LogP contribution is 2.17. The van der Waals surface area contributed by atoms with Gasteiger partial charge in [-0.2, -0.15) is 0 Å². The van der Waals surface area contributed by atoms with Crippen molar-refractivity contribution in [2.75, 3.05) is 13.2 Å². The molecule has 0 aromatic rings. The summed E-state index contributed by atoms with van der Waals surface area (Å²) in [6, 6.07) is 0. The third-order valence-corrected chi connectivity index (χ3v) is 13.5. The number of hydrogen-bond donors (Lipinski definition) is 0. The summed E-state index contributed by atoms with van der Waals surface area (Å²) in [6.07, 6.45) is 72.7. The fourth-order valence-electron chi connectivity index (χ4n) is 8.88. The van der Waals surface area contributed by atoms with Gasteiger partial charge in [0.1, 0.15) is 13.2 Å². The summed E-state index contributed by atoms with van der Waals surface area (Å²) < 4.78 is 16.8. The van der Waals surface area contributed by atoms with E-state index in [2.05, 4.69) is 69.4 Å². The summed E-state index contributed by atoms with van der Waals surface area (Å²) >= 11 is 0. The van der Waals surface area contributed by atoms with E-state index in [-0.39, 0.29) is 31.1 Å². The number of ether oxygens (including phenoxy) is 3. The van der Waals surface area contributed by atoms with Gasteiger partial charge in [-0.05, 0) is 96.3 Å². The van der Waals surface area contributed by atoms with Crippen LogP contribution in [0.2, 0.25) is 0 Å². The van der Waals surface area contributed by atoms with Crippen molar-refractivity contribution in [3.63, 3.8) is 0 Å². The van der Waals surface area contributed by atoms with Gasteiger partial charge in [0.15, 0.2) is 6.10 Å². The molecule has 0 aliphatic rings. The molecule has 0 spiro atoms. The summed E-state index contributed by atoms with van der Waals surface area (Å²) in [5.41, 5.74) is 0. The van der Waals surface area contributed by atoms with Gasteiger partial charge in [0.2, 0.25) is 0 Å². The maximum Gasteiger partial charge on any atom is 0.306 e. The van der Waals surface area contributed by atoms with Crippen molar-refractivity contribution in [3.05, 3.63) is 48.6 Å². The van der Waals surface area contributed by atoms with E-state index in [4.69, 9.17) is 14.2 Å². The Hall–Kier alpha value is -2.63. The van der Waals surface area contributed by atoms with Crippen LogP contribution >= 0.6 is 0 Å². The summed E-state index contributed by atoms with van der Waals surface area (Å²) in [5, 5.41) is 0. The summed E-state index contributed by atoms with van der Waals surface area (Å²) in [5.74, 6) is -0.891. The maximum atomic E-state index is 12.8. The Morgan fingerprint density at radius 2 is 0.543 bits per heavy atom. The van der Waals surface area contributed by atoms with E-state index in [0.29, 0.717) is 19.3 Å². The Morgan fingerprint density at radius 1 is 0.286 bits per heavy atom. The summed E-state index contributed by atoms with van der Waals surface area (Å²) in [6.45, 7) is 6.57. The molecular formula is C64H116O6. The number of carbonyl (C=O) groups is 3. The predicted octanol–water partition coefficient (Wildman–Crippen LogP) is 20.6. The lowest BCUT2D eigenvalue weighted by Gasteiger charge is -2.18. The molecule has 0 aromatic carbocycles. The highest BCUT2D eigenvalue weighted by Gasteiger charge is 2.19. The fraction of sp³-hybridized carbons (Fsp3) is 0.828. The second-order valence-corrected chi connectivity index (χ2v) is 20.6. The van der Waals surface area contributed by atoms with Crippen molar-refractivity contribution in [3.8, 4) is 0 Å². The van der Waals surface area contributed by atoms with Gasteiger partial charge in [-0.3, -0.25) is 14.4 Å². The lowest BCUT2D eigenvalue weighted by atomic mass is 10.0. The van der Waals surface area contributed by atoms with Gasteiger partial charge in [0.25, 0.3) is 0 Å². The average molecular weight is 982 g/mol. The van der Waals surface area contributed by atoms with Gasteiger partial charge < -0.3 is 14.2 Å². The van der Waals surface area contributed by atoms with Crippen LogP contribution in [0.1, 0.15) is 323 Å². The minimum Gasteiger partial charge on any atom is -0.462 e. The standard InChI is InChI=1S/C64H116O6/c1-4-7-10-13-16-19-22-24-26-27-28-29-30-31-32-33-34-35-36-37-39-40-42-45-48-51-54-57-63(66)69-60-61(59-68-62(65)56-53-50-47-44-21-18-15-12-9-6-3)70-64(67)58-55-52-49-46-43-41-38-25-23-20-17-14-11-8-5-2/h12,15,17,20,25,27-28,38,61H,4-11,13-14,16,18-19,21-24,26,29-37,39-60H2,1-3H3/b15-12-,20-17-,28-27-,38-25-. The monoisotopic (exact) mass is 981 g/mol. The van der Waals surface area contributed by atoms with Crippen molar-refractivity contribution in [2.24, 2.45) is 0 Å². The molecule has 6 heteroatoms. The molecule has 408 valence electrons. The number of allylic oxidation sites excluding steroid dienone is 8. The molecule has 0 fully saturated rings. The molecule has 1 atom stereocenters. The first kappa shape index (κ1) is 67.4. The predicted molar refractivity (Wildman–Crippen MR) is 302 cm³/mol. The second-order valence-electron chi connectivity index (χ2n) is 20.6. The van der Waals surface area contributed by atoms with Crippen LogP contribution in [0.5, 0.6) is 0 Å². The van der Waals surface area contributed by atoms with Crippen molar-refractivity contribution >= 4 is 17.9 Å². The lowest BCUT2D eigenvalue weighted by Crippen LogP contribution is -2.30. The molecule has 0 saturated heterocycles. The zero-order chi connectivity index (χ0) is 50.7. The van der Waals surface area contributed by atoms with E-state index in [1.54, 1.807) is 0 Å². The Bertz CT molecular complexity index is 1220. The zero-order valence-corrected chi connectivity index (χ0v) is 46.8. The molecule has 0 aliphatic carbocycles. The largest absolute Gasteiger partial charge is 0.462 e. The first-order chi connectivity index (χ1) is 34.5. The van der Waals surface area contributed by atoms with E-state index in [1.165, 1.54) is 186 Å². The van der Waals surface area contributed by atoms with Crippen LogP contribution in [0.4, 0.5) is 0 Å². The number of hydrogen-bond acceptors (Lipinski definition) is 6. The van der Waals surface area contributed by atoms with E-state index in [0.717, 1.165) is 96.3 Å². The minimum absolute atomic E-state index is 0.0793. The van der Waals surface area contributed by atoms with Crippen LogP contribution in [-0.2, 0) is 28.6 Å². The van der Waals surface area contributed by atoms with Crippen molar-refractivity contribution in [1.29, 1.82) is 0 Å². The highest BCUT2D eigenvalue weighted by atomic mass is 16.6. The van der Waals surface area contributed by atoms with Crippen LogP contribution in [0, 0.1) is 0 Å². The van der Waals surface area contributed by atoms with E-state index in [1.807, 2.05) is 0 Å². The molecule has 0 heterocycles. The summed E-state index contributed by atoms with van der Waals surface area (Å²) in [7, 11) is 0. The molecule has 6 nitrogen and oxygen atoms in total. The van der Waals surface area contributed by atoms with Crippen LogP contribution in [-0.4, -0.2) is 37.2 Å². The molecule has 0 aromatic heterocycles. The molecule has 0 aliphatic heterocycles. The van der Waals surface area contributed by atoms with E-state index in [9.17, 15) is 14.4 Å². The summed E-state index contributed by atoms with van der Waals surface area (Å²) in [4.78, 5) is 38.1. The third kappa shape index (κ3) is 56.3. The topological polar surface area (TPSA) is 78.9 Å². The van der Waals surface area contributed by atoms with Crippen molar-refractivity contribution < 1.29 is 28.6 Å². The molecule has 0 saturated carbocycles. The molecule has 70 heavy (non-hydrogen) atoms. The first-order valence-electron chi connectivity index (χ1n) is 30.6. The van der Waals surface area contributed by atoms with Gasteiger partial charge in [-0.1, -0.05) is 256 Å². The molecule has 0 bridgehead atoms. The maximum absolute atomic E-state index is 12.8. The van der Waals surface area contributed by atoms with Crippen LogP contribution in [0.3, 0.4) is 0 Å². The van der Waals surface area contributed by atoms with Crippen LogP contribution in [0.25, 0.3) is 0 Å². The van der Waals surface area contributed by atoms with Gasteiger partial charge in [0, 0.05) is 19.3 Å². The fourth-order valence-corrected chi connectivity index (χ4v) is 8.88. The van der Waals surface area contributed by atoms with Gasteiger partial charge in [0.05, 0.1) is 0 Å². The first-order valence-corrected chi connectivity index (χ1v) is 30.6. The molecule has 0 amide bonds. The van der Waals surface area contributed by atoms with Gasteiger partial charge in [-0.25, -0.2) is 0 Å². The third-order valence-electron chi connectivity index (χ3n) is 13.5. The van der Waals surface area contributed by atoms with E-state index >= 15 is 0 Å². The number of rotatable bonds is 56.